The Balaban J connectivity index is 0.000000371. The Morgan fingerprint density at radius 1 is 1.60 bits per heavy atom. The molecule has 0 unspecified atom stereocenters. The summed E-state index contributed by atoms with van der Waals surface area (Å²) in [5.74, 6) is 0. The van der Waals surface area contributed by atoms with Gasteiger partial charge in [-0.3, -0.25) is 4.98 Å². The molecule has 0 amide bonds. The average molecular weight is 138 g/mol. The van der Waals surface area contributed by atoms with Crippen LogP contribution in [0.3, 0.4) is 0 Å². The Morgan fingerprint density at radius 3 is 2.50 bits per heavy atom. The number of carbonyl (C=O) groups is 1. The van der Waals surface area contributed by atoms with Crippen LogP contribution in [0.2, 0.25) is 0 Å². The molecule has 0 bridgehead atoms. The quantitative estimate of drug-likeness (QED) is 0.576. The van der Waals surface area contributed by atoms with E-state index in [2.05, 4.69) is 4.98 Å². The molecule has 0 atom stereocenters. The van der Waals surface area contributed by atoms with Gasteiger partial charge < -0.3 is 10.5 Å². The van der Waals surface area contributed by atoms with Crippen LogP contribution in [0.15, 0.2) is 18.5 Å². The highest BCUT2D eigenvalue weighted by Gasteiger charge is 1.85. The van der Waals surface area contributed by atoms with Crippen molar-refractivity contribution in [2.45, 2.75) is 6.92 Å². The molecule has 1 rings (SSSR count). The van der Waals surface area contributed by atoms with Crippen molar-refractivity contribution >= 4 is 12.5 Å². The molecule has 1 heterocycles. The number of aromatic nitrogens is 1. The highest BCUT2D eigenvalue weighted by atomic mass is 16.1. The van der Waals surface area contributed by atoms with Crippen LogP contribution in [0.4, 0.5) is 5.69 Å². The standard InChI is InChI=1S/C6H8N2.CH2O/c1-5-2-3-8-4-6(5)7;1-2/h2-4H,7H2,1H3;1H2. The van der Waals surface area contributed by atoms with Crippen LogP contribution in [-0.4, -0.2) is 11.8 Å². The van der Waals surface area contributed by atoms with E-state index in [-0.39, 0.29) is 0 Å². The first-order valence-electron chi connectivity index (χ1n) is 2.75. The van der Waals surface area contributed by atoms with Crippen molar-refractivity contribution < 1.29 is 4.79 Å². The molecule has 0 spiro atoms. The van der Waals surface area contributed by atoms with Crippen LogP contribution < -0.4 is 5.73 Å². The van der Waals surface area contributed by atoms with Crippen LogP contribution in [0.1, 0.15) is 5.56 Å². The maximum Gasteiger partial charge on any atom is 0.106 e. The second-order valence-electron chi connectivity index (χ2n) is 1.73. The summed E-state index contributed by atoms with van der Waals surface area (Å²) in [5, 5.41) is 0. The largest absolute Gasteiger partial charge is 0.397 e. The van der Waals surface area contributed by atoms with Gasteiger partial charge in [0, 0.05) is 12.4 Å². The fraction of sp³-hybridized carbons (Fsp3) is 0.143. The first-order valence-corrected chi connectivity index (χ1v) is 2.75. The first-order chi connectivity index (χ1) is 4.80. The summed E-state index contributed by atoms with van der Waals surface area (Å²) in [5.41, 5.74) is 7.30. The zero-order valence-electron chi connectivity index (χ0n) is 5.87. The summed E-state index contributed by atoms with van der Waals surface area (Å²) in [7, 11) is 0. The number of hydrogen-bond acceptors (Lipinski definition) is 3. The summed E-state index contributed by atoms with van der Waals surface area (Å²) >= 11 is 0. The van der Waals surface area contributed by atoms with Gasteiger partial charge in [0.15, 0.2) is 0 Å². The van der Waals surface area contributed by atoms with Crippen LogP contribution in [0.25, 0.3) is 0 Å². The molecule has 0 aromatic carbocycles. The molecule has 1 aromatic heterocycles. The highest BCUT2D eigenvalue weighted by molar-refractivity contribution is 5.42. The summed E-state index contributed by atoms with van der Waals surface area (Å²) in [6, 6.07) is 1.88. The second-order valence-corrected chi connectivity index (χ2v) is 1.73. The number of anilines is 1. The Bertz CT molecular complexity index is 180. The summed E-state index contributed by atoms with van der Waals surface area (Å²) in [6.07, 6.45) is 3.38. The minimum Gasteiger partial charge on any atom is -0.397 e. The van der Waals surface area contributed by atoms with Gasteiger partial charge in [-0.25, -0.2) is 0 Å². The zero-order chi connectivity index (χ0) is 7.98. The van der Waals surface area contributed by atoms with Crippen LogP contribution in [-0.2, 0) is 4.79 Å². The topological polar surface area (TPSA) is 56.0 Å². The third-order valence-corrected chi connectivity index (χ3v) is 1.08. The van der Waals surface area contributed by atoms with Crippen molar-refractivity contribution in [3.05, 3.63) is 24.0 Å². The van der Waals surface area contributed by atoms with Crippen LogP contribution in [0.5, 0.6) is 0 Å². The number of nitrogens with two attached hydrogens (primary N) is 1. The third kappa shape index (κ3) is 2.26. The van der Waals surface area contributed by atoms with E-state index in [9.17, 15) is 0 Å². The van der Waals surface area contributed by atoms with Gasteiger partial charge in [-0.15, -0.1) is 0 Å². The van der Waals surface area contributed by atoms with Crippen LogP contribution in [0, 0.1) is 6.92 Å². The number of nitrogens with zero attached hydrogens (tertiary/aromatic N) is 1. The fourth-order valence-corrected chi connectivity index (χ4v) is 0.476. The molecule has 0 saturated carbocycles. The van der Waals surface area contributed by atoms with E-state index in [4.69, 9.17) is 10.5 Å². The SMILES string of the molecule is C=O.Cc1ccncc1N. The molecule has 1 aromatic rings. The lowest BCUT2D eigenvalue weighted by Gasteiger charge is -1.92. The minimum atomic E-state index is 0.757. The van der Waals surface area contributed by atoms with Crippen molar-refractivity contribution in [3.63, 3.8) is 0 Å². The van der Waals surface area contributed by atoms with E-state index < -0.39 is 0 Å². The van der Waals surface area contributed by atoms with Gasteiger partial charge in [0.2, 0.25) is 0 Å². The molecule has 0 saturated heterocycles. The van der Waals surface area contributed by atoms with E-state index >= 15 is 0 Å². The number of aryl methyl sites for hydroxylation is 1. The molecule has 0 radical (unpaired) electrons. The van der Waals surface area contributed by atoms with E-state index in [0.29, 0.717) is 0 Å². The van der Waals surface area contributed by atoms with Crippen LogP contribution >= 0.6 is 0 Å². The van der Waals surface area contributed by atoms with Gasteiger partial charge in [0.05, 0.1) is 5.69 Å². The fourth-order valence-electron chi connectivity index (χ4n) is 0.476. The molecular formula is C7H10N2O. The van der Waals surface area contributed by atoms with Gasteiger partial charge in [-0.1, -0.05) is 0 Å². The molecule has 3 nitrogen and oxygen atoms in total. The van der Waals surface area contributed by atoms with E-state index in [0.717, 1.165) is 11.3 Å². The van der Waals surface area contributed by atoms with Gasteiger partial charge in [-0.05, 0) is 18.6 Å². The van der Waals surface area contributed by atoms with Crippen molar-refractivity contribution in [1.82, 2.24) is 4.98 Å². The molecule has 0 aliphatic carbocycles. The third-order valence-electron chi connectivity index (χ3n) is 1.08. The number of pyridine rings is 1. The van der Waals surface area contributed by atoms with Crippen molar-refractivity contribution in [2.24, 2.45) is 0 Å². The Hall–Kier alpha value is -1.38. The maximum absolute atomic E-state index is 8.00. The molecule has 0 fully saturated rings. The van der Waals surface area contributed by atoms with E-state index in [1.807, 2.05) is 19.8 Å². The summed E-state index contributed by atoms with van der Waals surface area (Å²) < 4.78 is 0. The second kappa shape index (κ2) is 4.49. The maximum atomic E-state index is 8.00. The molecular weight excluding hydrogens is 128 g/mol. The van der Waals surface area contributed by atoms with Crippen molar-refractivity contribution in [2.75, 3.05) is 5.73 Å². The molecule has 2 N–H and O–H groups in total. The molecule has 3 heteroatoms. The molecule has 10 heavy (non-hydrogen) atoms. The predicted molar refractivity (Wildman–Crippen MR) is 40.5 cm³/mol. The molecule has 54 valence electrons. The minimum absolute atomic E-state index is 0.757. The number of rotatable bonds is 0. The first kappa shape index (κ1) is 8.62. The Kier molecular flexibility index (Phi) is 3.87. The van der Waals surface area contributed by atoms with Gasteiger partial charge in [0.25, 0.3) is 0 Å². The average Bonchev–Trinajstić information content (AvgIpc) is 2.00. The van der Waals surface area contributed by atoms with Gasteiger partial charge in [-0.2, -0.15) is 0 Å². The van der Waals surface area contributed by atoms with E-state index in [1.165, 1.54) is 0 Å². The highest BCUT2D eigenvalue weighted by Crippen LogP contribution is 2.04. The molecule has 0 aliphatic rings. The smallest absolute Gasteiger partial charge is 0.106 e. The number of hydrogen-bond donors (Lipinski definition) is 1. The lowest BCUT2D eigenvalue weighted by atomic mass is 10.3. The van der Waals surface area contributed by atoms with Gasteiger partial charge >= 0.3 is 0 Å². The Morgan fingerprint density at radius 2 is 2.20 bits per heavy atom. The monoisotopic (exact) mass is 138 g/mol. The van der Waals surface area contributed by atoms with Crippen molar-refractivity contribution in [3.8, 4) is 0 Å². The summed E-state index contributed by atoms with van der Waals surface area (Å²) in [4.78, 5) is 11.8. The lowest BCUT2D eigenvalue weighted by Crippen LogP contribution is -1.88. The predicted octanol–water partition coefficient (Wildman–Crippen LogP) is 0.787. The Labute approximate surface area is 59.9 Å². The number of nitrogen functional groups attached to an aromatic ring is 1. The lowest BCUT2D eigenvalue weighted by molar-refractivity contribution is -0.0979. The molecule has 0 aliphatic heterocycles. The number of carbonyl (C=O) groups excluding carboxylic acids is 1. The van der Waals surface area contributed by atoms with Gasteiger partial charge in [0.1, 0.15) is 6.79 Å². The van der Waals surface area contributed by atoms with E-state index in [1.54, 1.807) is 12.4 Å². The summed E-state index contributed by atoms with van der Waals surface area (Å²) in [6.45, 7) is 3.96. The van der Waals surface area contributed by atoms with Crippen molar-refractivity contribution in [1.29, 1.82) is 0 Å². The zero-order valence-corrected chi connectivity index (χ0v) is 5.87. The normalized spacial score (nSPS) is 7.70.